The molecule has 3 aromatic rings. The molecule has 0 fully saturated rings. The van der Waals surface area contributed by atoms with E-state index in [9.17, 15) is 19.6 Å². The first-order valence-corrected chi connectivity index (χ1v) is 10.7. The molecule has 3 aromatic carbocycles. The van der Waals surface area contributed by atoms with Crippen LogP contribution in [0.3, 0.4) is 0 Å². The molecule has 2 N–H and O–H groups in total. The van der Waals surface area contributed by atoms with E-state index in [1.807, 2.05) is 6.07 Å². The van der Waals surface area contributed by atoms with Crippen LogP contribution in [0.15, 0.2) is 78.4 Å². The molecule has 0 aliphatic heterocycles. The minimum absolute atomic E-state index is 0.113. The van der Waals surface area contributed by atoms with E-state index in [1.54, 1.807) is 48.5 Å². The van der Waals surface area contributed by atoms with Gasteiger partial charge in [-0.2, -0.15) is 5.26 Å². The number of esters is 1. The number of halogens is 1. The van der Waals surface area contributed by atoms with Gasteiger partial charge < -0.3 is 20.1 Å². The molecule has 176 valence electrons. The number of amides is 2. The van der Waals surface area contributed by atoms with Crippen LogP contribution in [0.2, 0.25) is 5.02 Å². The van der Waals surface area contributed by atoms with Crippen molar-refractivity contribution >= 4 is 46.8 Å². The molecule has 0 radical (unpaired) electrons. The van der Waals surface area contributed by atoms with Crippen molar-refractivity contribution in [3.05, 3.63) is 94.5 Å². The van der Waals surface area contributed by atoms with Gasteiger partial charge in [0.2, 0.25) is 0 Å². The lowest BCUT2D eigenvalue weighted by molar-refractivity contribution is -0.118. The number of benzene rings is 3. The zero-order valence-electron chi connectivity index (χ0n) is 18.6. The molecular formula is C26H20ClN3O5. The van der Waals surface area contributed by atoms with Crippen molar-refractivity contribution in [1.82, 2.24) is 0 Å². The van der Waals surface area contributed by atoms with Gasteiger partial charge in [0.15, 0.2) is 6.61 Å². The van der Waals surface area contributed by atoms with Crippen LogP contribution in [-0.4, -0.2) is 31.5 Å². The van der Waals surface area contributed by atoms with Crippen LogP contribution in [0.25, 0.3) is 6.08 Å². The summed E-state index contributed by atoms with van der Waals surface area (Å²) in [4.78, 5) is 36.0. The highest BCUT2D eigenvalue weighted by molar-refractivity contribution is 6.30. The summed E-state index contributed by atoms with van der Waals surface area (Å²) in [7, 11) is 1.28. The number of nitriles is 1. The third-order valence-corrected chi connectivity index (χ3v) is 4.87. The number of carbonyl (C=O) groups is 3. The SMILES string of the molecule is COC(=O)c1ccc(NC(=O)/C(C#N)=C/c2ccc(OCC(=O)Nc3ccc(Cl)cc3)cc2)cc1. The first-order chi connectivity index (χ1) is 16.9. The second-order valence-electron chi connectivity index (χ2n) is 7.11. The van der Waals surface area contributed by atoms with Crippen molar-refractivity contribution < 1.29 is 23.9 Å². The summed E-state index contributed by atoms with van der Waals surface area (Å²) in [5.74, 6) is -0.978. The molecule has 0 aromatic heterocycles. The smallest absolute Gasteiger partial charge is 0.337 e. The number of hydrogen-bond acceptors (Lipinski definition) is 6. The van der Waals surface area contributed by atoms with Crippen LogP contribution < -0.4 is 15.4 Å². The van der Waals surface area contributed by atoms with Crippen molar-refractivity contribution in [3.63, 3.8) is 0 Å². The van der Waals surface area contributed by atoms with Gasteiger partial charge in [-0.15, -0.1) is 0 Å². The highest BCUT2D eigenvalue weighted by Gasteiger charge is 2.11. The predicted molar refractivity (Wildman–Crippen MR) is 132 cm³/mol. The fourth-order valence-electron chi connectivity index (χ4n) is 2.86. The van der Waals surface area contributed by atoms with Crippen molar-refractivity contribution in [2.45, 2.75) is 0 Å². The topological polar surface area (TPSA) is 118 Å². The van der Waals surface area contributed by atoms with Crippen LogP contribution >= 0.6 is 11.6 Å². The van der Waals surface area contributed by atoms with Gasteiger partial charge in [0.05, 0.1) is 12.7 Å². The van der Waals surface area contributed by atoms with E-state index in [1.165, 1.54) is 37.5 Å². The van der Waals surface area contributed by atoms with Crippen LogP contribution in [0.5, 0.6) is 5.75 Å². The summed E-state index contributed by atoms with van der Waals surface area (Å²) in [6.45, 7) is -0.196. The van der Waals surface area contributed by atoms with E-state index in [-0.39, 0.29) is 18.1 Å². The fourth-order valence-corrected chi connectivity index (χ4v) is 2.99. The van der Waals surface area contributed by atoms with Crippen molar-refractivity contribution in [3.8, 4) is 11.8 Å². The summed E-state index contributed by atoms with van der Waals surface area (Å²) in [6, 6.07) is 21.2. The second-order valence-corrected chi connectivity index (χ2v) is 7.54. The molecule has 0 atom stereocenters. The van der Waals surface area contributed by atoms with E-state index < -0.39 is 11.9 Å². The molecule has 9 heteroatoms. The molecule has 0 spiro atoms. The van der Waals surface area contributed by atoms with Gasteiger partial charge in [0, 0.05) is 16.4 Å². The number of ether oxygens (including phenoxy) is 2. The Morgan fingerprint density at radius 2 is 1.51 bits per heavy atom. The number of nitrogens with zero attached hydrogens (tertiary/aromatic N) is 1. The van der Waals surface area contributed by atoms with Gasteiger partial charge in [-0.05, 0) is 72.3 Å². The summed E-state index contributed by atoms with van der Waals surface area (Å²) in [6.07, 6.45) is 1.43. The van der Waals surface area contributed by atoms with Crippen molar-refractivity contribution in [2.24, 2.45) is 0 Å². The number of methoxy groups -OCH3 is 1. The van der Waals surface area contributed by atoms with Gasteiger partial charge >= 0.3 is 5.97 Å². The molecule has 2 amide bonds. The molecule has 0 unspecified atom stereocenters. The zero-order chi connectivity index (χ0) is 25.2. The molecular weight excluding hydrogens is 470 g/mol. The van der Waals surface area contributed by atoms with Crippen LogP contribution in [0, 0.1) is 11.3 Å². The fraction of sp³-hybridized carbons (Fsp3) is 0.0769. The Hall–Kier alpha value is -4.61. The number of anilines is 2. The van der Waals surface area contributed by atoms with Gasteiger partial charge in [-0.25, -0.2) is 4.79 Å². The standard InChI is InChI=1S/C26H20ClN3O5/c1-34-26(33)18-4-8-22(9-5-18)30-25(32)19(15-28)14-17-2-12-23(13-3-17)35-16-24(31)29-21-10-6-20(27)7-11-21/h2-14H,16H2,1H3,(H,29,31)(H,30,32)/b19-14+. The summed E-state index contributed by atoms with van der Waals surface area (Å²) < 4.78 is 10.1. The van der Waals surface area contributed by atoms with E-state index in [0.717, 1.165) is 0 Å². The second kappa shape index (κ2) is 12.0. The van der Waals surface area contributed by atoms with Crippen LogP contribution in [-0.2, 0) is 14.3 Å². The first kappa shape index (κ1) is 25.0. The van der Waals surface area contributed by atoms with Crippen molar-refractivity contribution in [1.29, 1.82) is 5.26 Å². The highest BCUT2D eigenvalue weighted by Crippen LogP contribution is 2.17. The maximum absolute atomic E-state index is 12.5. The maximum atomic E-state index is 12.5. The lowest BCUT2D eigenvalue weighted by Gasteiger charge is -2.08. The molecule has 0 bridgehead atoms. The monoisotopic (exact) mass is 489 g/mol. The molecule has 8 nitrogen and oxygen atoms in total. The Bertz CT molecular complexity index is 1280. The number of hydrogen-bond donors (Lipinski definition) is 2. The minimum Gasteiger partial charge on any atom is -0.484 e. The average molecular weight is 490 g/mol. The third kappa shape index (κ3) is 7.45. The van der Waals surface area contributed by atoms with E-state index >= 15 is 0 Å². The minimum atomic E-state index is -0.600. The Labute approximate surface area is 206 Å². The van der Waals surface area contributed by atoms with E-state index in [0.29, 0.717) is 33.3 Å². The number of rotatable bonds is 8. The molecule has 0 heterocycles. The molecule has 0 saturated heterocycles. The normalized spacial score (nSPS) is 10.6. The lowest BCUT2D eigenvalue weighted by atomic mass is 10.1. The van der Waals surface area contributed by atoms with Gasteiger partial charge in [-0.3, -0.25) is 9.59 Å². The van der Waals surface area contributed by atoms with Crippen LogP contribution in [0.1, 0.15) is 15.9 Å². The Balaban J connectivity index is 1.56. The van der Waals surface area contributed by atoms with Crippen molar-refractivity contribution in [2.75, 3.05) is 24.4 Å². The highest BCUT2D eigenvalue weighted by atomic mass is 35.5. The Morgan fingerprint density at radius 1 is 0.914 bits per heavy atom. The summed E-state index contributed by atoms with van der Waals surface area (Å²) in [5.41, 5.74) is 1.84. The zero-order valence-corrected chi connectivity index (χ0v) is 19.3. The molecule has 3 rings (SSSR count). The average Bonchev–Trinajstić information content (AvgIpc) is 2.88. The number of carbonyl (C=O) groups excluding carboxylic acids is 3. The molecule has 0 saturated carbocycles. The Kier molecular flexibility index (Phi) is 8.59. The molecule has 0 aliphatic rings. The molecule has 0 aliphatic carbocycles. The first-order valence-electron chi connectivity index (χ1n) is 10.3. The van der Waals surface area contributed by atoms with Crippen LogP contribution in [0.4, 0.5) is 11.4 Å². The van der Waals surface area contributed by atoms with Gasteiger partial charge in [0.25, 0.3) is 11.8 Å². The maximum Gasteiger partial charge on any atom is 0.337 e. The quantitative estimate of drug-likeness (QED) is 0.269. The summed E-state index contributed by atoms with van der Waals surface area (Å²) in [5, 5.41) is 15.3. The molecule has 35 heavy (non-hydrogen) atoms. The lowest BCUT2D eigenvalue weighted by Crippen LogP contribution is -2.20. The number of nitrogens with one attached hydrogen (secondary N) is 2. The third-order valence-electron chi connectivity index (χ3n) is 4.62. The predicted octanol–water partition coefficient (Wildman–Crippen LogP) is 4.69. The van der Waals surface area contributed by atoms with Gasteiger partial charge in [0.1, 0.15) is 17.4 Å². The van der Waals surface area contributed by atoms with E-state index in [4.69, 9.17) is 16.3 Å². The van der Waals surface area contributed by atoms with E-state index in [2.05, 4.69) is 15.4 Å². The largest absolute Gasteiger partial charge is 0.484 e. The summed E-state index contributed by atoms with van der Waals surface area (Å²) >= 11 is 5.82. The Morgan fingerprint density at radius 3 is 2.11 bits per heavy atom. The van der Waals surface area contributed by atoms with Gasteiger partial charge in [-0.1, -0.05) is 23.7 Å².